The maximum absolute atomic E-state index is 4.55. The molecule has 1 N–H and O–H groups in total. The first-order chi connectivity index (χ1) is 9.84. The lowest BCUT2D eigenvalue weighted by Crippen LogP contribution is -2.28. The van der Waals surface area contributed by atoms with E-state index >= 15 is 0 Å². The van der Waals surface area contributed by atoms with Gasteiger partial charge in [0.05, 0.1) is 10.7 Å². The number of nitrogens with zero attached hydrogens (tertiary/aromatic N) is 1. The molecule has 0 amide bonds. The molecule has 2 rings (SSSR count). The molecular formula is C17H30N2S. The highest BCUT2D eigenvalue weighted by Crippen LogP contribution is 2.17. The van der Waals surface area contributed by atoms with Crippen LogP contribution in [0, 0.1) is 6.92 Å². The summed E-state index contributed by atoms with van der Waals surface area (Å²) in [5, 5.41) is 7.12. The lowest BCUT2D eigenvalue weighted by molar-refractivity contribution is 0.401. The van der Waals surface area contributed by atoms with E-state index in [4.69, 9.17) is 0 Å². The van der Waals surface area contributed by atoms with Gasteiger partial charge < -0.3 is 5.32 Å². The van der Waals surface area contributed by atoms with Crippen LogP contribution >= 0.6 is 11.3 Å². The summed E-state index contributed by atoms with van der Waals surface area (Å²) in [5.74, 6) is 0. The number of nitrogens with one attached hydrogen (secondary N) is 1. The minimum atomic E-state index is 0.705. The van der Waals surface area contributed by atoms with Crippen molar-refractivity contribution in [3.05, 3.63) is 16.1 Å². The highest BCUT2D eigenvalue weighted by molar-refractivity contribution is 7.09. The predicted molar refractivity (Wildman–Crippen MR) is 88.3 cm³/mol. The van der Waals surface area contributed by atoms with Crippen molar-refractivity contribution in [2.75, 3.05) is 0 Å². The average Bonchev–Trinajstić information content (AvgIpc) is 2.84. The number of thiazole rings is 1. The Morgan fingerprint density at radius 3 is 2.05 bits per heavy atom. The maximum atomic E-state index is 4.55. The molecule has 1 fully saturated rings. The van der Waals surface area contributed by atoms with Gasteiger partial charge in [-0.3, -0.25) is 0 Å². The first kappa shape index (κ1) is 16.0. The summed E-state index contributed by atoms with van der Waals surface area (Å²) in [6.45, 7) is 3.04. The van der Waals surface area contributed by atoms with Crippen LogP contribution in [0.2, 0.25) is 0 Å². The van der Waals surface area contributed by atoms with Gasteiger partial charge in [0.1, 0.15) is 0 Å². The fraction of sp³-hybridized carbons (Fsp3) is 0.824. The van der Waals surface area contributed by atoms with E-state index in [9.17, 15) is 0 Å². The van der Waals surface area contributed by atoms with Crippen molar-refractivity contribution in [1.82, 2.24) is 10.3 Å². The summed E-state index contributed by atoms with van der Waals surface area (Å²) in [5.41, 5.74) is 1.22. The Bertz CT molecular complexity index is 350. The summed E-state index contributed by atoms with van der Waals surface area (Å²) in [4.78, 5) is 4.55. The largest absolute Gasteiger partial charge is 0.308 e. The number of hydrogen-bond donors (Lipinski definition) is 1. The molecule has 1 aromatic rings. The van der Waals surface area contributed by atoms with Gasteiger partial charge in [0.25, 0.3) is 0 Å². The molecule has 0 aliphatic heterocycles. The van der Waals surface area contributed by atoms with Crippen LogP contribution in [0.25, 0.3) is 0 Å². The average molecular weight is 295 g/mol. The van der Waals surface area contributed by atoms with E-state index < -0.39 is 0 Å². The summed E-state index contributed by atoms with van der Waals surface area (Å²) in [6, 6.07) is 0.705. The molecule has 0 radical (unpaired) electrons. The first-order valence-electron chi connectivity index (χ1n) is 8.49. The molecule has 1 aromatic heterocycles. The van der Waals surface area contributed by atoms with E-state index in [-0.39, 0.29) is 0 Å². The van der Waals surface area contributed by atoms with E-state index in [1.807, 2.05) is 0 Å². The third-order valence-electron chi connectivity index (χ3n) is 4.34. The van der Waals surface area contributed by atoms with Crippen LogP contribution in [0.5, 0.6) is 0 Å². The van der Waals surface area contributed by atoms with Crippen LogP contribution in [0.4, 0.5) is 0 Å². The van der Waals surface area contributed by atoms with Crippen molar-refractivity contribution in [2.45, 2.75) is 90.1 Å². The Balaban J connectivity index is 1.73. The van der Waals surface area contributed by atoms with Crippen molar-refractivity contribution >= 4 is 11.3 Å². The van der Waals surface area contributed by atoms with Crippen LogP contribution in [-0.4, -0.2) is 11.0 Å². The Morgan fingerprint density at radius 1 is 1.00 bits per heavy atom. The zero-order valence-corrected chi connectivity index (χ0v) is 13.8. The fourth-order valence-corrected chi connectivity index (χ4v) is 3.72. The fourth-order valence-electron chi connectivity index (χ4n) is 3.11. The Kier molecular flexibility index (Phi) is 7.60. The van der Waals surface area contributed by atoms with Gasteiger partial charge in [0.2, 0.25) is 0 Å². The molecule has 0 aromatic carbocycles. The zero-order chi connectivity index (χ0) is 14.0. The minimum Gasteiger partial charge on any atom is -0.308 e. The van der Waals surface area contributed by atoms with E-state index in [1.165, 1.54) is 81.3 Å². The van der Waals surface area contributed by atoms with Crippen molar-refractivity contribution in [3.63, 3.8) is 0 Å². The molecule has 1 aliphatic carbocycles. The molecule has 114 valence electrons. The van der Waals surface area contributed by atoms with E-state index in [0.717, 1.165) is 6.54 Å². The Hall–Kier alpha value is -0.410. The highest BCUT2D eigenvalue weighted by Gasteiger charge is 2.09. The lowest BCUT2D eigenvalue weighted by atomic mass is 9.98. The van der Waals surface area contributed by atoms with E-state index in [2.05, 4.69) is 22.6 Å². The van der Waals surface area contributed by atoms with Crippen molar-refractivity contribution < 1.29 is 0 Å². The molecule has 0 unspecified atom stereocenters. The normalized spacial score (nSPS) is 20.2. The maximum Gasteiger partial charge on any atom is 0.0897 e. The standard InChI is InChI=1S/C17H30N2S/c1-15-19-17(14-20-15)13-18-16-11-9-7-5-3-2-4-6-8-10-12-16/h14,16,18H,2-13H2,1H3. The van der Waals surface area contributed by atoms with Gasteiger partial charge >= 0.3 is 0 Å². The highest BCUT2D eigenvalue weighted by atomic mass is 32.1. The number of aromatic nitrogens is 1. The van der Waals surface area contributed by atoms with Gasteiger partial charge in [-0.15, -0.1) is 11.3 Å². The molecule has 1 heterocycles. The molecule has 1 aliphatic rings. The van der Waals surface area contributed by atoms with Crippen LogP contribution in [0.1, 0.15) is 81.3 Å². The van der Waals surface area contributed by atoms with Crippen molar-refractivity contribution in [3.8, 4) is 0 Å². The minimum absolute atomic E-state index is 0.705. The van der Waals surface area contributed by atoms with Crippen LogP contribution in [0.3, 0.4) is 0 Å². The van der Waals surface area contributed by atoms with Crippen LogP contribution in [0.15, 0.2) is 5.38 Å². The second-order valence-corrected chi connectivity index (χ2v) is 7.26. The number of hydrogen-bond acceptors (Lipinski definition) is 3. The van der Waals surface area contributed by atoms with Crippen molar-refractivity contribution in [2.24, 2.45) is 0 Å². The molecule has 2 nitrogen and oxygen atoms in total. The topological polar surface area (TPSA) is 24.9 Å². The van der Waals surface area contributed by atoms with Gasteiger partial charge in [0, 0.05) is 18.0 Å². The molecule has 0 bridgehead atoms. The van der Waals surface area contributed by atoms with E-state index in [1.54, 1.807) is 11.3 Å². The molecular weight excluding hydrogens is 264 g/mol. The smallest absolute Gasteiger partial charge is 0.0897 e. The summed E-state index contributed by atoms with van der Waals surface area (Å²) >= 11 is 1.76. The molecule has 3 heteroatoms. The third-order valence-corrected chi connectivity index (χ3v) is 5.17. The third kappa shape index (κ3) is 6.36. The quantitative estimate of drug-likeness (QED) is 0.827. The lowest BCUT2D eigenvalue weighted by Gasteiger charge is -2.19. The number of rotatable bonds is 3. The summed E-state index contributed by atoms with van der Waals surface area (Å²) in [6.07, 6.45) is 15.6. The van der Waals surface area contributed by atoms with Gasteiger partial charge in [-0.1, -0.05) is 57.8 Å². The molecule has 0 spiro atoms. The molecule has 0 saturated heterocycles. The van der Waals surface area contributed by atoms with Gasteiger partial charge in [0.15, 0.2) is 0 Å². The second-order valence-electron chi connectivity index (χ2n) is 6.20. The van der Waals surface area contributed by atoms with E-state index in [0.29, 0.717) is 6.04 Å². The van der Waals surface area contributed by atoms with Gasteiger partial charge in [-0.05, 0) is 19.8 Å². The monoisotopic (exact) mass is 294 g/mol. The van der Waals surface area contributed by atoms with Gasteiger partial charge in [-0.2, -0.15) is 0 Å². The Morgan fingerprint density at radius 2 is 1.55 bits per heavy atom. The molecule has 0 atom stereocenters. The van der Waals surface area contributed by atoms with Gasteiger partial charge in [-0.25, -0.2) is 4.98 Å². The Labute approximate surface area is 128 Å². The second kappa shape index (κ2) is 9.51. The summed E-state index contributed by atoms with van der Waals surface area (Å²) < 4.78 is 0. The molecule has 20 heavy (non-hydrogen) atoms. The molecule has 1 saturated carbocycles. The van der Waals surface area contributed by atoms with Crippen LogP contribution in [-0.2, 0) is 6.54 Å². The number of aryl methyl sites for hydroxylation is 1. The van der Waals surface area contributed by atoms with Crippen LogP contribution < -0.4 is 5.32 Å². The zero-order valence-electron chi connectivity index (χ0n) is 13.0. The predicted octanol–water partition coefficient (Wildman–Crippen LogP) is 5.21. The van der Waals surface area contributed by atoms with Crippen molar-refractivity contribution in [1.29, 1.82) is 0 Å². The first-order valence-corrected chi connectivity index (χ1v) is 9.37. The summed E-state index contributed by atoms with van der Waals surface area (Å²) in [7, 11) is 0. The SMILES string of the molecule is Cc1nc(CNC2CCCCCCCCCCC2)cs1.